The van der Waals surface area contributed by atoms with Crippen LogP contribution in [0.25, 0.3) is 0 Å². The van der Waals surface area contributed by atoms with Crippen LogP contribution in [0.4, 0.5) is 0 Å². The molecule has 5 aliphatic rings. The van der Waals surface area contributed by atoms with Gasteiger partial charge in [-0.3, -0.25) is 4.79 Å². The van der Waals surface area contributed by atoms with Crippen LogP contribution in [-0.4, -0.2) is 12.7 Å². The molecule has 1 N–H and O–H groups in total. The average Bonchev–Trinajstić information content (AvgIpc) is 3.40. The third kappa shape index (κ3) is 3.07. The first-order chi connectivity index (χ1) is 13.2. The zero-order valence-electron chi connectivity index (χ0n) is 15.4. The molecule has 0 aromatic rings. The Kier molecular flexibility index (Phi) is 4.07. The second kappa shape index (κ2) is 6.59. The normalized spacial score (nSPS) is 30.1. The van der Waals surface area contributed by atoms with Crippen molar-refractivity contribution < 1.29 is 14.3 Å². The first kappa shape index (κ1) is 16.7. The number of hydrogen-bond donors (Lipinski definition) is 1. The van der Waals surface area contributed by atoms with E-state index in [4.69, 9.17) is 9.47 Å². The van der Waals surface area contributed by atoms with Gasteiger partial charge in [0.05, 0.1) is 5.41 Å². The van der Waals surface area contributed by atoms with Crippen molar-refractivity contribution in [3.05, 3.63) is 71.4 Å². The van der Waals surface area contributed by atoms with Crippen molar-refractivity contribution in [1.29, 1.82) is 0 Å². The minimum absolute atomic E-state index is 0.170. The molecule has 0 saturated heterocycles. The minimum atomic E-state index is -0.275. The van der Waals surface area contributed by atoms with E-state index in [1.54, 1.807) is 0 Å². The van der Waals surface area contributed by atoms with Gasteiger partial charge in [-0.05, 0) is 50.2 Å². The number of nitrogens with one attached hydrogen (secondary N) is 1. The van der Waals surface area contributed by atoms with Gasteiger partial charge in [0.25, 0.3) is 0 Å². The van der Waals surface area contributed by atoms with Crippen LogP contribution in [0.1, 0.15) is 38.5 Å². The van der Waals surface area contributed by atoms with Crippen LogP contribution in [0, 0.1) is 17.3 Å². The Balaban J connectivity index is 1.24. The molecule has 1 saturated carbocycles. The third-order valence-electron chi connectivity index (χ3n) is 6.47. The zero-order valence-corrected chi connectivity index (χ0v) is 15.4. The van der Waals surface area contributed by atoms with Crippen molar-refractivity contribution in [1.82, 2.24) is 5.32 Å². The summed E-state index contributed by atoms with van der Waals surface area (Å²) in [5.41, 5.74) is 2.23. The minimum Gasteiger partial charge on any atom is -0.458 e. The van der Waals surface area contributed by atoms with Crippen molar-refractivity contribution in [3.8, 4) is 0 Å². The molecule has 0 spiro atoms. The van der Waals surface area contributed by atoms with Crippen molar-refractivity contribution >= 4 is 5.91 Å². The van der Waals surface area contributed by atoms with Crippen LogP contribution >= 0.6 is 0 Å². The fourth-order valence-corrected chi connectivity index (χ4v) is 4.56. The van der Waals surface area contributed by atoms with Gasteiger partial charge >= 0.3 is 0 Å². The highest BCUT2D eigenvalue weighted by Gasteiger charge is 2.55. The fraction of sp³-hybridized carbons (Fsp3) is 0.435. The number of carbonyl (C=O) groups excluding carboxylic acids is 1. The summed E-state index contributed by atoms with van der Waals surface area (Å²) in [6.07, 6.45) is 22.8. The lowest BCUT2D eigenvalue weighted by Crippen LogP contribution is -2.36. The van der Waals surface area contributed by atoms with E-state index in [0.29, 0.717) is 12.7 Å². The van der Waals surface area contributed by atoms with Crippen LogP contribution in [0.15, 0.2) is 71.4 Å². The smallest absolute Gasteiger partial charge is 0.230 e. The lowest BCUT2D eigenvalue weighted by molar-refractivity contribution is -0.127. The molecule has 0 aromatic heterocycles. The van der Waals surface area contributed by atoms with Gasteiger partial charge in [0, 0.05) is 18.0 Å². The Morgan fingerprint density at radius 2 is 2.04 bits per heavy atom. The molecule has 0 bridgehead atoms. The van der Waals surface area contributed by atoms with Crippen LogP contribution in [-0.2, 0) is 14.3 Å². The maximum atomic E-state index is 13.1. The predicted molar refractivity (Wildman–Crippen MR) is 103 cm³/mol. The van der Waals surface area contributed by atoms with Crippen molar-refractivity contribution in [2.75, 3.05) is 6.79 Å². The molecule has 27 heavy (non-hydrogen) atoms. The van der Waals surface area contributed by atoms with Gasteiger partial charge in [0.1, 0.15) is 5.76 Å². The lowest BCUT2D eigenvalue weighted by atomic mass is 9.82. The summed E-state index contributed by atoms with van der Waals surface area (Å²) in [6.45, 7) is 0.300. The molecular weight excluding hydrogens is 338 g/mol. The molecule has 4 nitrogen and oxygen atoms in total. The molecule has 1 amide bonds. The zero-order chi connectivity index (χ0) is 18.3. The average molecular weight is 363 g/mol. The fourth-order valence-electron chi connectivity index (χ4n) is 4.56. The molecule has 2 unspecified atom stereocenters. The quantitative estimate of drug-likeness (QED) is 0.805. The van der Waals surface area contributed by atoms with E-state index in [1.165, 1.54) is 5.57 Å². The van der Waals surface area contributed by atoms with Gasteiger partial charge in [-0.2, -0.15) is 0 Å². The van der Waals surface area contributed by atoms with Gasteiger partial charge in [-0.1, -0.05) is 42.0 Å². The van der Waals surface area contributed by atoms with E-state index >= 15 is 0 Å². The third-order valence-corrected chi connectivity index (χ3v) is 6.47. The summed E-state index contributed by atoms with van der Waals surface area (Å²) in [7, 11) is 0. The Labute approximate surface area is 160 Å². The maximum Gasteiger partial charge on any atom is 0.230 e. The van der Waals surface area contributed by atoms with Gasteiger partial charge in [0.2, 0.25) is 12.7 Å². The van der Waals surface area contributed by atoms with E-state index in [1.807, 2.05) is 6.08 Å². The molecule has 0 radical (unpaired) electrons. The summed E-state index contributed by atoms with van der Waals surface area (Å²) >= 11 is 0. The maximum absolute atomic E-state index is 13.1. The molecule has 1 heterocycles. The summed E-state index contributed by atoms with van der Waals surface area (Å²) in [4.78, 5) is 13.1. The van der Waals surface area contributed by atoms with Crippen molar-refractivity contribution in [3.63, 3.8) is 0 Å². The van der Waals surface area contributed by atoms with Crippen LogP contribution in [0.2, 0.25) is 0 Å². The predicted octanol–water partition coefficient (Wildman–Crippen LogP) is 4.41. The Morgan fingerprint density at radius 3 is 2.78 bits per heavy atom. The standard InChI is InChI=1S/C23H25NO3/c25-22(23(12-13-23)18-8-11-20-21(14-18)27-15-26-20)24-19-9-6-17(7-10-19)16-4-2-1-3-5-16/h1-4,6,8-9,11,16,18H,5,7,10,12-15H2,(H,24,25). The highest BCUT2D eigenvalue weighted by Crippen LogP contribution is 2.56. The first-order valence-electron chi connectivity index (χ1n) is 9.96. The van der Waals surface area contributed by atoms with Gasteiger partial charge < -0.3 is 14.8 Å². The van der Waals surface area contributed by atoms with E-state index in [0.717, 1.165) is 55.7 Å². The topological polar surface area (TPSA) is 47.6 Å². The first-order valence-corrected chi connectivity index (χ1v) is 9.96. The van der Waals surface area contributed by atoms with Gasteiger partial charge in [-0.25, -0.2) is 0 Å². The van der Waals surface area contributed by atoms with E-state index in [2.05, 4.69) is 47.8 Å². The summed E-state index contributed by atoms with van der Waals surface area (Å²) in [5, 5.41) is 3.23. The molecule has 140 valence electrons. The van der Waals surface area contributed by atoms with E-state index < -0.39 is 0 Å². The molecule has 2 atom stereocenters. The Morgan fingerprint density at radius 1 is 1.11 bits per heavy atom. The van der Waals surface area contributed by atoms with Crippen molar-refractivity contribution in [2.24, 2.45) is 17.3 Å². The molecule has 1 fully saturated rings. The summed E-state index contributed by atoms with van der Waals surface area (Å²) in [6, 6.07) is 0. The number of ether oxygens (including phenoxy) is 2. The molecule has 0 aromatic carbocycles. The molecular formula is C23H25NO3. The molecule has 4 heteroatoms. The Hall–Kier alpha value is -2.49. The summed E-state index contributed by atoms with van der Waals surface area (Å²) in [5.74, 6) is 2.63. The highest BCUT2D eigenvalue weighted by molar-refractivity contribution is 5.87. The van der Waals surface area contributed by atoms with Crippen molar-refractivity contribution in [2.45, 2.75) is 38.5 Å². The SMILES string of the molecule is O=C(NC1=CC=C(C2C=CC=CC2)CC1)C1(C2C=CC3=C(C2)OCO3)CC1. The highest BCUT2D eigenvalue weighted by atomic mass is 16.7. The largest absolute Gasteiger partial charge is 0.458 e. The summed E-state index contributed by atoms with van der Waals surface area (Å²) < 4.78 is 11.0. The van der Waals surface area contributed by atoms with Gasteiger partial charge in [0.15, 0.2) is 5.76 Å². The van der Waals surface area contributed by atoms with E-state index in [-0.39, 0.29) is 17.2 Å². The second-order valence-corrected chi connectivity index (χ2v) is 8.06. The molecule has 5 rings (SSSR count). The number of amides is 1. The van der Waals surface area contributed by atoms with E-state index in [9.17, 15) is 4.79 Å². The monoisotopic (exact) mass is 363 g/mol. The lowest BCUT2D eigenvalue weighted by Gasteiger charge is -2.27. The van der Waals surface area contributed by atoms with Crippen LogP contribution in [0.3, 0.4) is 0 Å². The second-order valence-electron chi connectivity index (χ2n) is 8.06. The van der Waals surface area contributed by atoms with Crippen LogP contribution < -0.4 is 5.32 Å². The number of hydrogen-bond acceptors (Lipinski definition) is 3. The molecule has 1 aliphatic heterocycles. The number of allylic oxidation sites excluding steroid dienone is 11. The van der Waals surface area contributed by atoms with Crippen LogP contribution in [0.5, 0.6) is 0 Å². The number of carbonyl (C=O) groups is 1. The Bertz CT molecular complexity index is 836. The van der Waals surface area contributed by atoms with Gasteiger partial charge in [-0.15, -0.1) is 0 Å². The number of rotatable bonds is 4. The molecule has 4 aliphatic carbocycles.